The van der Waals surface area contributed by atoms with Gasteiger partial charge in [-0.3, -0.25) is 0 Å². The van der Waals surface area contributed by atoms with Crippen LogP contribution in [-0.2, 0) is 0 Å². The van der Waals surface area contributed by atoms with Gasteiger partial charge in [-0.05, 0) is 22.4 Å². The Balaban J connectivity index is 2.13. The summed E-state index contributed by atoms with van der Waals surface area (Å²) in [5, 5.41) is 10.4. The molecular weight excluding hydrogens is 201 g/mol. The van der Waals surface area contributed by atoms with E-state index >= 15 is 0 Å². The Morgan fingerprint density at radius 1 is 1.60 bits per heavy atom. The van der Waals surface area contributed by atoms with Crippen molar-refractivity contribution >= 4 is 11.5 Å². The fourth-order valence-electron chi connectivity index (χ4n) is 1.63. The van der Waals surface area contributed by atoms with E-state index in [2.05, 4.69) is 4.98 Å². The van der Waals surface area contributed by atoms with Gasteiger partial charge in [0.25, 0.3) is 0 Å². The minimum absolute atomic E-state index is 0.185. The van der Waals surface area contributed by atoms with E-state index in [0.29, 0.717) is 19.5 Å². The Morgan fingerprint density at radius 3 is 2.87 bits per heavy atom. The first-order chi connectivity index (χ1) is 7.16. The summed E-state index contributed by atoms with van der Waals surface area (Å²) in [6.07, 6.45) is 1.12. The van der Waals surface area contributed by atoms with Crippen LogP contribution in [0.2, 0.25) is 0 Å². The van der Waals surface area contributed by atoms with Crippen LogP contribution >= 0.6 is 0 Å². The SMILES string of the molecule is O=[N+]([O-])c1ccc(N2CCC(F)C2)cn1. The molecule has 1 fully saturated rings. The van der Waals surface area contributed by atoms with Crippen LogP contribution in [0.25, 0.3) is 0 Å². The zero-order valence-electron chi connectivity index (χ0n) is 7.97. The average Bonchev–Trinajstić information content (AvgIpc) is 2.65. The molecule has 2 heterocycles. The van der Waals surface area contributed by atoms with E-state index < -0.39 is 11.1 Å². The molecule has 1 aromatic heterocycles. The molecule has 6 heteroatoms. The van der Waals surface area contributed by atoms with Crippen LogP contribution in [0.15, 0.2) is 18.3 Å². The quantitative estimate of drug-likeness (QED) is 0.550. The standard InChI is InChI=1S/C9H10FN3O2/c10-7-3-4-12(6-7)8-1-2-9(11-5-8)13(14)15/h1-2,5,7H,3-4,6H2. The van der Waals surface area contributed by atoms with Gasteiger partial charge in [0.15, 0.2) is 6.20 Å². The number of anilines is 1. The second kappa shape index (κ2) is 3.80. The largest absolute Gasteiger partial charge is 0.365 e. The van der Waals surface area contributed by atoms with Crippen LogP contribution < -0.4 is 4.90 Å². The Morgan fingerprint density at radius 2 is 2.40 bits per heavy atom. The summed E-state index contributed by atoms with van der Waals surface area (Å²) in [6, 6.07) is 2.93. The number of nitrogens with zero attached hydrogens (tertiary/aromatic N) is 3. The number of nitro groups is 1. The highest BCUT2D eigenvalue weighted by Crippen LogP contribution is 2.22. The number of hydrogen-bond acceptors (Lipinski definition) is 4. The third-order valence-corrected chi connectivity index (χ3v) is 2.42. The molecule has 1 saturated heterocycles. The van der Waals surface area contributed by atoms with Crippen molar-refractivity contribution in [1.82, 2.24) is 4.98 Å². The van der Waals surface area contributed by atoms with Crippen molar-refractivity contribution in [3.8, 4) is 0 Å². The van der Waals surface area contributed by atoms with Crippen molar-refractivity contribution in [3.05, 3.63) is 28.4 Å². The summed E-state index contributed by atoms with van der Waals surface area (Å²) in [5.74, 6) is -0.185. The second-order valence-corrected chi connectivity index (χ2v) is 3.46. The summed E-state index contributed by atoms with van der Waals surface area (Å²) in [4.78, 5) is 15.3. The van der Waals surface area contributed by atoms with Crippen molar-refractivity contribution in [2.24, 2.45) is 0 Å². The zero-order valence-corrected chi connectivity index (χ0v) is 7.97. The highest BCUT2D eigenvalue weighted by molar-refractivity contribution is 5.47. The van der Waals surface area contributed by atoms with Gasteiger partial charge in [0.05, 0.1) is 5.69 Å². The Labute approximate surface area is 85.7 Å². The maximum absolute atomic E-state index is 12.9. The monoisotopic (exact) mass is 211 g/mol. The van der Waals surface area contributed by atoms with E-state index in [4.69, 9.17) is 0 Å². The van der Waals surface area contributed by atoms with Gasteiger partial charge in [0.1, 0.15) is 6.17 Å². The summed E-state index contributed by atoms with van der Waals surface area (Å²) < 4.78 is 12.9. The van der Waals surface area contributed by atoms with E-state index in [1.165, 1.54) is 12.3 Å². The van der Waals surface area contributed by atoms with E-state index in [1.807, 2.05) is 4.90 Å². The van der Waals surface area contributed by atoms with Crippen LogP contribution in [0.3, 0.4) is 0 Å². The first-order valence-electron chi connectivity index (χ1n) is 4.66. The number of halogens is 1. The van der Waals surface area contributed by atoms with Crippen molar-refractivity contribution < 1.29 is 9.31 Å². The lowest BCUT2D eigenvalue weighted by molar-refractivity contribution is -0.389. The highest BCUT2D eigenvalue weighted by Gasteiger charge is 2.23. The predicted molar refractivity (Wildman–Crippen MR) is 52.6 cm³/mol. The highest BCUT2D eigenvalue weighted by atomic mass is 19.1. The molecule has 1 atom stereocenters. The lowest BCUT2D eigenvalue weighted by Gasteiger charge is -2.14. The predicted octanol–water partition coefficient (Wildman–Crippen LogP) is 1.54. The molecule has 0 aliphatic carbocycles. The first kappa shape index (κ1) is 9.82. The third kappa shape index (κ3) is 2.03. The Kier molecular flexibility index (Phi) is 2.49. The van der Waals surface area contributed by atoms with Crippen molar-refractivity contribution in [3.63, 3.8) is 0 Å². The molecule has 0 radical (unpaired) electrons. The number of rotatable bonds is 2. The Bertz CT molecular complexity index is 368. The molecule has 1 aliphatic heterocycles. The molecular formula is C9H10FN3O2. The fourth-order valence-corrected chi connectivity index (χ4v) is 1.63. The van der Waals surface area contributed by atoms with Crippen LogP contribution in [0.5, 0.6) is 0 Å². The number of aromatic nitrogens is 1. The minimum atomic E-state index is -0.805. The van der Waals surface area contributed by atoms with Gasteiger partial charge in [0, 0.05) is 19.2 Å². The molecule has 0 amide bonds. The van der Waals surface area contributed by atoms with E-state index in [1.54, 1.807) is 6.07 Å². The van der Waals surface area contributed by atoms with Gasteiger partial charge < -0.3 is 15.0 Å². The molecule has 0 bridgehead atoms. The van der Waals surface area contributed by atoms with Gasteiger partial charge in [-0.15, -0.1) is 0 Å². The molecule has 0 spiro atoms. The second-order valence-electron chi connectivity index (χ2n) is 3.46. The third-order valence-electron chi connectivity index (χ3n) is 2.42. The fraction of sp³-hybridized carbons (Fsp3) is 0.444. The number of alkyl halides is 1. The summed E-state index contributed by atoms with van der Waals surface area (Å²) in [6.45, 7) is 0.986. The topological polar surface area (TPSA) is 59.3 Å². The molecule has 0 aromatic carbocycles. The summed E-state index contributed by atoms with van der Waals surface area (Å²) in [5.41, 5.74) is 0.737. The zero-order chi connectivity index (χ0) is 10.8. The van der Waals surface area contributed by atoms with Crippen molar-refractivity contribution in [2.75, 3.05) is 18.0 Å². The summed E-state index contributed by atoms with van der Waals surface area (Å²) in [7, 11) is 0. The van der Waals surface area contributed by atoms with E-state index in [0.717, 1.165) is 5.69 Å². The van der Waals surface area contributed by atoms with Gasteiger partial charge in [0.2, 0.25) is 0 Å². The van der Waals surface area contributed by atoms with Crippen molar-refractivity contribution in [1.29, 1.82) is 0 Å². The molecule has 1 unspecified atom stereocenters. The smallest absolute Gasteiger partial charge is 0.363 e. The van der Waals surface area contributed by atoms with E-state index in [9.17, 15) is 14.5 Å². The van der Waals surface area contributed by atoms with E-state index in [-0.39, 0.29) is 5.82 Å². The molecule has 0 N–H and O–H groups in total. The molecule has 2 rings (SSSR count). The molecule has 80 valence electrons. The number of pyridine rings is 1. The maximum Gasteiger partial charge on any atom is 0.363 e. The molecule has 5 nitrogen and oxygen atoms in total. The maximum atomic E-state index is 12.9. The van der Waals surface area contributed by atoms with Crippen LogP contribution in [-0.4, -0.2) is 29.2 Å². The lowest BCUT2D eigenvalue weighted by Crippen LogP contribution is -2.19. The van der Waals surface area contributed by atoms with Crippen molar-refractivity contribution in [2.45, 2.75) is 12.6 Å². The van der Waals surface area contributed by atoms with Crippen LogP contribution in [0, 0.1) is 10.1 Å². The minimum Gasteiger partial charge on any atom is -0.365 e. The number of hydrogen-bond donors (Lipinski definition) is 0. The van der Waals surface area contributed by atoms with Gasteiger partial charge in [-0.25, -0.2) is 4.39 Å². The molecule has 0 saturated carbocycles. The van der Waals surface area contributed by atoms with Gasteiger partial charge in [-0.1, -0.05) is 0 Å². The molecule has 1 aromatic rings. The van der Waals surface area contributed by atoms with Crippen LogP contribution in [0.1, 0.15) is 6.42 Å². The lowest BCUT2D eigenvalue weighted by atomic mass is 10.3. The average molecular weight is 211 g/mol. The van der Waals surface area contributed by atoms with Crippen LogP contribution in [0.4, 0.5) is 15.9 Å². The molecule has 1 aliphatic rings. The van der Waals surface area contributed by atoms with Gasteiger partial charge >= 0.3 is 5.82 Å². The van der Waals surface area contributed by atoms with Gasteiger partial charge in [-0.2, -0.15) is 0 Å². The first-order valence-corrected chi connectivity index (χ1v) is 4.66. The molecule has 15 heavy (non-hydrogen) atoms. The Hall–Kier alpha value is -1.72. The summed E-state index contributed by atoms with van der Waals surface area (Å²) >= 11 is 0. The normalized spacial score (nSPS) is 20.6.